The van der Waals surface area contributed by atoms with E-state index in [1.807, 2.05) is 31.2 Å². The van der Waals surface area contributed by atoms with Gasteiger partial charge >= 0.3 is 0 Å². The zero-order chi connectivity index (χ0) is 25.4. The Kier molecular flexibility index (Phi) is 6.27. The number of hydrogen-bond donors (Lipinski definition) is 1. The molecule has 0 fully saturated rings. The zero-order valence-electron chi connectivity index (χ0n) is 19.4. The van der Waals surface area contributed by atoms with Gasteiger partial charge in [0.15, 0.2) is 17.2 Å². The summed E-state index contributed by atoms with van der Waals surface area (Å²) in [5.41, 5.74) is 2.67. The normalized spacial score (nSPS) is 11.5. The number of fused-ring (bicyclic) bond motifs is 1. The second kappa shape index (κ2) is 9.54. The summed E-state index contributed by atoms with van der Waals surface area (Å²) in [5, 5.41) is 11.8. The number of furan rings is 1. The van der Waals surface area contributed by atoms with Crippen LogP contribution < -0.4 is 5.32 Å². The van der Waals surface area contributed by atoms with Crippen LogP contribution in [-0.4, -0.2) is 30.5 Å². The van der Waals surface area contributed by atoms with Crippen LogP contribution in [0.25, 0.3) is 22.5 Å². The molecule has 1 aromatic carbocycles. The minimum absolute atomic E-state index is 0.155. The van der Waals surface area contributed by atoms with Crippen molar-refractivity contribution in [2.75, 3.05) is 5.32 Å². The van der Waals surface area contributed by atoms with Gasteiger partial charge in [-0.15, -0.1) is 0 Å². The first-order valence-corrected chi connectivity index (χ1v) is 11.4. The summed E-state index contributed by atoms with van der Waals surface area (Å²) in [4.78, 5) is 17.3. The second-order valence-corrected chi connectivity index (χ2v) is 8.78. The highest BCUT2D eigenvalue weighted by Crippen LogP contribution is 2.33. The molecule has 0 saturated heterocycles. The molecule has 0 spiro atoms. The predicted molar refractivity (Wildman–Crippen MR) is 131 cm³/mol. The number of benzene rings is 1. The lowest BCUT2D eigenvalue weighted by molar-refractivity contribution is -0.116. The molecule has 184 valence electrons. The van der Waals surface area contributed by atoms with Gasteiger partial charge in [0.25, 0.3) is 6.43 Å². The van der Waals surface area contributed by atoms with Gasteiger partial charge in [0.2, 0.25) is 5.91 Å². The summed E-state index contributed by atoms with van der Waals surface area (Å²) in [7, 11) is 0. The third-order valence-electron chi connectivity index (χ3n) is 5.65. The van der Waals surface area contributed by atoms with Crippen LogP contribution in [0.4, 0.5) is 14.6 Å². The average molecular weight is 511 g/mol. The third-order valence-corrected chi connectivity index (χ3v) is 5.93. The SMILES string of the molecule is Cc1ccc(Cn2cc(Cl)c(NC(=O)Cn3nc(C)c4c(C(F)F)cc(-c5ccco5)nc43)n2)cc1. The number of carbonyl (C=O) groups is 1. The van der Waals surface area contributed by atoms with Crippen molar-refractivity contribution in [1.82, 2.24) is 24.5 Å². The van der Waals surface area contributed by atoms with Gasteiger partial charge < -0.3 is 9.73 Å². The van der Waals surface area contributed by atoms with E-state index >= 15 is 0 Å². The number of nitrogens with one attached hydrogen (secondary N) is 1. The van der Waals surface area contributed by atoms with E-state index in [4.69, 9.17) is 16.0 Å². The molecule has 1 N–H and O–H groups in total. The monoisotopic (exact) mass is 510 g/mol. The summed E-state index contributed by atoms with van der Waals surface area (Å²) >= 11 is 6.29. The topological polar surface area (TPSA) is 90.8 Å². The third kappa shape index (κ3) is 4.72. The van der Waals surface area contributed by atoms with Crippen LogP contribution >= 0.6 is 11.6 Å². The largest absolute Gasteiger partial charge is 0.463 e. The van der Waals surface area contributed by atoms with Crippen molar-refractivity contribution in [1.29, 1.82) is 0 Å². The highest BCUT2D eigenvalue weighted by atomic mass is 35.5. The average Bonchev–Trinajstić information content (AvgIpc) is 3.56. The number of hydrogen-bond acceptors (Lipinski definition) is 5. The number of amides is 1. The van der Waals surface area contributed by atoms with Gasteiger partial charge in [0, 0.05) is 11.8 Å². The first kappa shape index (κ1) is 23.7. The Morgan fingerprint density at radius 3 is 2.64 bits per heavy atom. The standard InChI is InChI=1S/C25H21ClF2N6O2/c1-14-5-7-16(8-6-14)11-33-12-18(26)24(32-33)30-21(35)13-34-25-22(15(2)31-34)17(23(27)28)10-19(29-25)20-4-3-9-36-20/h3-10,12,23H,11,13H2,1-2H3,(H,30,32,35). The van der Waals surface area contributed by atoms with E-state index in [2.05, 4.69) is 20.5 Å². The molecule has 5 aromatic rings. The maximum atomic E-state index is 13.9. The number of pyridine rings is 1. The van der Waals surface area contributed by atoms with Crippen LogP contribution in [-0.2, 0) is 17.9 Å². The van der Waals surface area contributed by atoms with Crippen molar-refractivity contribution in [2.45, 2.75) is 33.4 Å². The van der Waals surface area contributed by atoms with Crippen molar-refractivity contribution in [2.24, 2.45) is 0 Å². The minimum atomic E-state index is -2.76. The fraction of sp³-hybridized carbons (Fsp3) is 0.200. The number of anilines is 1. The van der Waals surface area contributed by atoms with E-state index in [9.17, 15) is 13.6 Å². The zero-order valence-corrected chi connectivity index (χ0v) is 20.1. The number of aryl methyl sites for hydroxylation is 2. The van der Waals surface area contributed by atoms with Crippen LogP contribution in [0.2, 0.25) is 5.02 Å². The number of rotatable bonds is 7. The molecule has 0 bridgehead atoms. The second-order valence-electron chi connectivity index (χ2n) is 8.37. The highest BCUT2D eigenvalue weighted by molar-refractivity contribution is 6.33. The summed E-state index contributed by atoms with van der Waals surface area (Å²) in [6.45, 7) is 3.81. The fourth-order valence-electron chi connectivity index (χ4n) is 3.97. The molecular formula is C25H21ClF2N6O2. The fourth-order valence-corrected chi connectivity index (χ4v) is 4.17. The van der Waals surface area contributed by atoms with Crippen molar-refractivity contribution in [3.8, 4) is 11.5 Å². The molecule has 0 unspecified atom stereocenters. The molecule has 36 heavy (non-hydrogen) atoms. The number of aromatic nitrogens is 5. The maximum Gasteiger partial charge on any atom is 0.264 e. The predicted octanol–water partition coefficient (Wildman–Crippen LogP) is 5.78. The summed E-state index contributed by atoms with van der Waals surface area (Å²) < 4.78 is 36.0. The van der Waals surface area contributed by atoms with Crippen LogP contribution in [0.15, 0.2) is 59.3 Å². The van der Waals surface area contributed by atoms with Crippen molar-refractivity contribution in [3.63, 3.8) is 0 Å². The van der Waals surface area contributed by atoms with Crippen LogP contribution in [0.1, 0.15) is 28.8 Å². The number of nitrogens with zero attached hydrogens (tertiary/aromatic N) is 5. The highest BCUT2D eigenvalue weighted by Gasteiger charge is 2.23. The maximum absolute atomic E-state index is 13.9. The Labute approximate surface area is 209 Å². The molecule has 0 atom stereocenters. The van der Waals surface area contributed by atoms with Gasteiger partial charge in [-0.3, -0.25) is 9.48 Å². The Morgan fingerprint density at radius 2 is 1.94 bits per heavy atom. The smallest absolute Gasteiger partial charge is 0.264 e. The lowest BCUT2D eigenvalue weighted by Crippen LogP contribution is -2.20. The summed E-state index contributed by atoms with van der Waals surface area (Å²) in [5.74, 6) is 0.0460. The first-order chi connectivity index (χ1) is 17.3. The Balaban J connectivity index is 1.40. The Hall–Kier alpha value is -4.05. The van der Waals surface area contributed by atoms with Crippen molar-refractivity contribution < 1.29 is 18.0 Å². The van der Waals surface area contributed by atoms with Gasteiger partial charge in [-0.25, -0.2) is 18.4 Å². The summed E-state index contributed by atoms with van der Waals surface area (Å²) in [6.07, 6.45) is 0.294. The van der Waals surface area contributed by atoms with E-state index in [0.717, 1.165) is 11.1 Å². The van der Waals surface area contributed by atoms with Crippen LogP contribution in [0, 0.1) is 13.8 Å². The molecule has 0 radical (unpaired) electrons. The summed E-state index contributed by atoms with van der Waals surface area (Å²) in [6, 6.07) is 12.5. The van der Waals surface area contributed by atoms with Gasteiger partial charge in [-0.1, -0.05) is 41.4 Å². The molecule has 1 amide bonds. The molecule has 0 aliphatic carbocycles. The van der Waals surface area contributed by atoms with Gasteiger partial charge in [-0.05, 0) is 37.6 Å². The van der Waals surface area contributed by atoms with E-state index in [0.29, 0.717) is 18.0 Å². The lowest BCUT2D eigenvalue weighted by atomic mass is 10.1. The number of carbonyl (C=O) groups excluding carboxylic acids is 1. The number of alkyl halides is 2. The van der Waals surface area contributed by atoms with Gasteiger partial charge in [0.1, 0.15) is 17.3 Å². The number of halogens is 3. The molecule has 4 aromatic heterocycles. The Bertz CT molecular complexity index is 1540. The Morgan fingerprint density at radius 1 is 1.17 bits per heavy atom. The van der Waals surface area contributed by atoms with E-state index in [1.54, 1.807) is 29.9 Å². The molecule has 11 heteroatoms. The van der Waals surface area contributed by atoms with Gasteiger partial charge in [-0.2, -0.15) is 10.2 Å². The molecular weight excluding hydrogens is 490 g/mol. The van der Waals surface area contributed by atoms with Crippen LogP contribution in [0.3, 0.4) is 0 Å². The van der Waals surface area contributed by atoms with Crippen LogP contribution in [0.5, 0.6) is 0 Å². The van der Waals surface area contributed by atoms with E-state index in [1.165, 1.54) is 17.0 Å². The molecule has 0 aliphatic rings. The van der Waals surface area contributed by atoms with E-state index in [-0.39, 0.29) is 39.7 Å². The lowest BCUT2D eigenvalue weighted by Gasteiger charge is -2.08. The minimum Gasteiger partial charge on any atom is -0.463 e. The molecule has 5 rings (SSSR count). The van der Waals surface area contributed by atoms with Crippen molar-refractivity contribution >= 4 is 34.4 Å². The molecule has 0 saturated carbocycles. The molecule has 0 aliphatic heterocycles. The molecule has 4 heterocycles. The quantitative estimate of drug-likeness (QED) is 0.299. The molecule has 8 nitrogen and oxygen atoms in total. The first-order valence-electron chi connectivity index (χ1n) is 11.1. The van der Waals surface area contributed by atoms with Gasteiger partial charge in [0.05, 0.1) is 23.9 Å². The van der Waals surface area contributed by atoms with Crippen molar-refractivity contribution in [3.05, 3.63) is 82.3 Å². The van der Waals surface area contributed by atoms with E-state index < -0.39 is 12.3 Å².